The molecule has 0 bridgehead atoms. The highest BCUT2D eigenvalue weighted by molar-refractivity contribution is 5.99. The molecule has 40 heavy (non-hydrogen) atoms. The second kappa shape index (κ2) is 10.7. The Morgan fingerprint density at radius 1 is 1.00 bits per heavy atom. The van der Waals surface area contributed by atoms with Crippen LogP contribution in [0.25, 0.3) is 44.6 Å². The Bertz CT molecular complexity index is 1660. The number of piperidine rings is 2. The van der Waals surface area contributed by atoms with E-state index in [1.54, 1.807) is 12.4 Å². The molecule has 1 amide bonds. The lowest BCUT2D eigenvalue weighted by Gasteiger charge is -2.29. The van der Waals surface area contributed by atoms with Crippen LogP contribution in [0.2, 0.25) is 0 Å². The van der Waals surface area contributed by atoms with Gasteiger partial charge >= 0.3 is 0 Å². The van der Waals surface area contributed by atoms with Crippen molar-refractivity contribution in [2.45, 2.75) is 38.5 Å². The maximum absolute atomic E-state index is 12.7. The minimum Gasteiger partial charge on any atom is -0.371 e. The van der Waals surface area contributed by atoms with Gasteiger partial charge < -0.3 is 20.5 Å². The molecule has 9 nitrogen and oxygen atoms in total. The molecular weight excluding hydrogens is 500 g/mol. The predicted molar refractivity (Wildman–Crippen MR) is 159 cm³/mol. The first-order valence-corrected chi connectivity index (χ1v) is 14.4. The molecule has 1 aromatic carbocycles. The molecule has 0 saturated carbocycles. The largest absolute Gasteiger partial charge is 0.371 e. The maximum Gasteiger partial charge on any atom is 0.224 e. The van der Waals surface area contributed by atoms with Crippen molar-refractivity contribution in [1.82, 2.24) is 30.5 Å². The van der Waals surface area contributed by atoms with Gasteiger partial charge in [-0.3, -0.25) is 14.9 Å². The van der Waals surface area contributed by atoms with Crippen LogP contribution in [0.4, 0.5) is 11.4 Å². The highest BCUT2D eigenvalue weighted by atomic mass is 16.1. The molecule has 0 radical (unpaired) electrons. The van der Waals surface area contributed by atoms with Crippen LogP contribution < -0.4 is 15.5 Å². The number of fused-ring (bicyclic) bond motifs is 2. The van der Waals surface area contributed by atoms with Crippen LogP contribution in [0.1, 0.15) is 38.5 Å². The van der Waals surface area contributed by atoms with Gasteiger partial charge in [0.05, 0.1) is 28.8 Å². The number of amides is 1. The molecule has 2 aliphatic heterocycles. The van der Waals surface area contributed by atoms with E-state index >= 15 is 0 Å². The second-order valence-electron chi connectivity index (χ2n) is 11.0. The number of pyridine rings is 2. The third kappa shape index (κ3) is 4.93. The molecule has 4 aromatic heterocycles. The van der Waals surface area contributed by atoms with Crippen LogP contribution in [0.15, 0.2) is 54.9 Å². The lowest BCUT2D eigenvalue weighted by Crippen LogP contribution is -2.30. The highest BCUT2D eigenvalue weighted by Crippen LogP contribution is 2.34. The number of hydrogen-bond acceptors (Lipinski definition) is 6. The van der Waals surface area contributed by atoms with E-state index in [0.717, 1.165) is 78.2 Å². The summed E-state index contributed by atoms with van der Waals surface area (Å²) < 4.78 is 0. The summed E-state index contributed by atoms with van der Waals surface area (Å²) in [6, 6.07) is 14.6. The van der Waals surface area contributed by atoms with E-state index in [4.69, 9.17) is 4.98 Å². The molecule has 0 atom stereocenters. The Morgan fingerprint density at radius 2 is 1.88 bits per heavy atom. The van der Waals surface area contributed by atoms with Crippen LogP contribution in [-0.4, -0.2) is 57.2 Å². The van der Waals surface area contributed by atoms with Gasteiger partial charge in [-0.2, -0.15) is 5.10 Å². The molecule has 4 N–H and O–H groups in total. The van der Waals surface area contributed by atoms with Gasteiger partial charge in [0.1, 0.15) is 11.2 Å². The molecule has 6 heterocycles. The van der Waals surface area contributed by atoms with Crippen LogP contribution in [0.3, 0.4) is 0 Å². The monoisotopic (exact) mass is 534 g/mol. The zero-order valence-electron chi connectivity index (χ0n) is 22.5. The number of carbonyl (C=O) groups is 1. The van der Waals surface area contributed by atoms with Crippen LogP contribution in [-0.2, 0) is 4.79 Å². The van der Waals surface area contributed by atoms with Gasteiger partial charge in [0, 0.05) is 47.9 Å². The lowest BCUT2D eigenvalue weighted by molar-refractivity contribution is -0.117. The zero-order chi connectivity index (χ0) is 26.9. The number of carbonyl (C=O) groups excluding carboxylic acids is 1. The molecule has 5 aromatic rings. The summed E-state index contributed by atoms with van der Waals surface area (Å²) in [7, 11) is 0. The van der Waals surface area contributed by atoms with Gasteiger partial charge in [0.2, 0.25) is 5.91 Å². The van der Waals surface area contributed by atoms with E-state index in [1.807, 2.05) is 18.2 Å². The molecule has 204 valence electrons. The summed E-state index contributed by atoms with van der Waals surface area (Å²) in [5, 5.41) is 15.4. The zero-order valence-corrected chi connectivity index (χ0v) is 22.5. The molecule has 0 aliphatic carbocycles. The number of hydrogen-bond donors (Lipinski definition) is 4. The first-order chi connectivity index (χ1) is 19.7. The Balaban J connectivity index is 1.17. The fraction of sp³-hybridized carbons (Fsp3) is 0.355. The summed E-state index contributed by atoms with van der Waals surface area (Å²) in [6.45, 7) is 4.16. The van der Waals surface area contributed by atoms with Crippen LogP contribution >= 0.6 is 0 Å². The van der Waals surface area contributed by atoms with Gasteiger partial charge in [0.15, 0.2) is 0 Å². The minimum atomic E-state index is 0.0362. The van der Waals surface area contributed by atoms with E-state index in [0.29, 0.717) is 18.0 Å². The molecule has 7 rings (SSSR count). The Labute approximate surface area is 232 Å². The molecule has 2 fully saturated rings. The Kier molecular flexibility index (Phi) is 6.65. The highest BCUT2D eigenvalue weighted by Gasteiger charge is 2.19. The van der Waals surface area contributed by atoms with Crippen LogP contribution in [0.5, 0.6) is 0 Å². The fourth-order valence-corrected chi connectivity index (χ4v) is 6.13. The molecule has 2 aliphatic rings. The second-order valence-corrected chi connectivity index (χ2v) is 11.0. The van der Waals surface area contributed by atoms with E-state index < -0.39 is 0 Å². The third-order valence-electron chi connectivity index (χ3n) is 8.25. The number of H-pyrrole nitrogens is 2. The van der Waals surface area contributed by atoms with Crippen molar-refractivity contribution < 1.29 is 4.79 Å². The Hall–Kier alpha value is -4.24. The van der Waals surface area contributed by atoms with Crippen molar-refractivity contribution in [3.8, 4) is 22.6 Å². The van der Waals surface area contributed by atoms with Crippen molar-refractivity contribution in [1.29, 1.82) is 0 Å². The minimum absolute atomic E-state index is 0.0362. The van der Waals surface area contributed by atoms with Gasteiger partial charge in [-0.25, -0.2) is 4.98 Å². The molecule has 0 spiro atoms. The molecular formula is C31H34N8O. The lowest BCUT2D eigenvalue weighted by atomic mass is 9.94. The first-order valence-electron chi connectivity index (χ1n) is 14.4. The Morgan fingerprint density at radius 3 is 2.75 bits per heavy atom. The number of nitrogens with one attached hydrogen (secondary N) is 4. The summed E-state index contributed by atoms with van der Waals surface area (Å²) in [5.74, 6) is 0.468. The fourth-order valence-electron chi connectivity index (χ4n) is 6.13. The predicted octanol–water partition coefficient (Wildman–Crippen LogP) is 5.49. The third-order valence-corrected chi connectivity index (χ3v) is 8.25. The van der Waals surface area contributed by atoms with Crippen LogP contribution in [0, 0.1) is 5.92 Å². The number of aromatic amines is 2. The van der Waals surface area contributed by atoms with Crippen molar-refractivity contribution in [2.24, 2.45) is 5.92 Å². The van der Waals surface area contributed by atoms with Crippen molar-refractivity contribution >= 4 is 39.2 Å². The number of anilines is 2. The van der Waals surface area contributed by atoms with Crippen molar-refractivity contribution in [3.05, 3.63) is 54.9 Å². The van der Waals surface area contributed by atoms with Gasteiger partial charge in [-0.1, -0.05) is 6.07 Å². The van der Waals surface area contributed by atoms with Gasteiger partial charge in [-0.15, -0.1) is 0 Å². The number of aromatic nitrogens is 5. The average molecular weight is 535 g/mol. The normalized spacial score (nSPS) is 16.6. The number of nitrogens with zero attached hydrogens (tertiary/aromatic N) is 4. The van der Waals surface area contributed by atoms with E-state index in [9.17, 15) is 4.79 Å². The van der Waals surface area contributed by atoms with E-state index in [2.05, 4.69) is 60.0 Å². The maximum atomic E-state index is 12.7. The van der Waals surface area contributed by atoms with Crippen molar-refractivity contribution in [2.75, 3.05) is 36.4 Å². The standard InChI is InChI=1S/C31H34N8O/c40-29(15-20-9-11-32-12-10-20)34-22-16-21(18-33-19-22)24-7-8-26-30(36-24)31(38-37-26)27-17-23-25(35-27)5-4-6-28(23)39-13-2-1-3-14-39/h4-8,16-20,32,35H,1-3,9-15H2,(H,34,40)(H,37,38). The molecule has 0 unspecified atom stereocenters. The average Bonchev–Trinajstić information content (AvgIpc) is 3.62. The van der Waals surface area contributed by atoms with Gasteiger partial charge in [-0.05, 0) is 87.5 Å². The number of benzene rings is 1. The van der Waals surface area contributed by atoms with Crippen molar-refractivity contribution in [3.63, 3.8) is 0 Å². The van der Waals surface area contributed by atoms with E-state index in [1.165, 1.54) is 30.3 Å². The summed E-state index contributed by atoms with van der Waals surface area (Å²) in [5.41, 5.74) is 8.08. The summed E-state index contributed by atoms with van der Waals surface area (Å²) in [6.07, 6.45) is 9.88. The molecule has 9 heteroatoms. The van der Waals surface area contributed by atoms with Gasteiger partial charge in [0.25, 0.3) is 0 Å². The molecule has 2 saturated heterocycles. The summed E-state index contributed by atoms with van der Waals surface area (Å²) in [4.78, 5) is 28.1. The summed E-state index contributed by atoms with van der Waals surface area (Å²) >= 11 is 0. The first kappa shape index (κ1) is 24.8. The quantitative estimate of drug-likeness (QED) is 0.229. The SMILES string of the molecule is O=C(CC1CCNCC1)Nc1cncc(-c2ccc3[nH]nc(-c4cc5c(N6CCCCC6)cccc5[nH]4)c3n2)c1. The number of rotatable bonds is 6. The van der Waals surface area contributed by atoms with E-state index in [-0.39, 0.29) is 5.91 Å². The smallest absolute Gasteiger partial charge is 0.224 e. The topological polar surface area (TPSA) is 115 Å².